The molecule has 1 aromatic carbocycles. The van der Waals surface area contributed by atoms with Gasteiger partial charge in [-0.2, -0.15) is 0 Å². The number of hydrogen-bond donors (Lipinski definition) is 1. The van der Waals surface area contributed by atoms with Crippen LogP contribution in [0.3, 0.4) is 0 Å². The predicted molar refractivity (Wildman–Crippen MR) is 77.8 cm³/mol. The fourth-order valence-corrected chi connectivity index (χ4v) is 3.06. The molecule has 0 aliphatic carbocycles. The molecule has 2 N–H and O–H groups in total. The van der Waals surface area contributed by atoms with Crippen molar-refractivity contribution in [2.75, 3.05) is 6.54 Å². The van der Waals surface area contributed by atoms with Crippen LogP contribution >= 0.6 is 27.7 Å². The van der Waals surface area contributed by atoms with Crippen molar-refractivity contribution in [3.63, 3.8) is 0 Å². The molecule has 1 aromatic rings. The Bertz CT molecular complexity index is 327. The van der Waals surface area contributed by atoms with Gasteiger partial charge >= 0.3 is 0 Å². The predicted octanol–water partition coefficient (Wildman–Crippen LogP) is 4.23. The first-order valence-corrected chi connectivity index (χ1v) is 7.39. The summed E-state index contributed by atoms with van der Waals surface area (Å²) in [5.41, 5.74) is 7.18. The Morgan fingerprint density at radius 1 is 1.31 bits per heavy atom. The first-order valence-electron chi connectivity index (χ1n) is 5.65. The lowest BCUT2D eigenvalue weighted by Crippen LogP contribution is -2.15. The Labute approximate surface area is 111 Å². The van der Waals surface area contributed by atoms with Crippen molar-refractivity contribution in [1.82, 2.24) is 0 Å². The van der Waals surface area contributed by atoms with Crippen LogP contribution in [0, 0.1) is 5.92 Å². The van der Waals surface area contributed by atoms with E-state index in [0.717, 1.165) is 4.47 Å². The van der Waals surface area contributed by atoms with Gasteiger partial charge in [0.25, 0.3) is 0 Å². The van der Waals surface area contributed by atoms with Gasteiger partial charge in [0.1, 0.15) is 0 Å². The third kappa shape index (κ3) is 4.11. The van der Waals surface area contributed by atoms with E-state index >= 15 is 0 Å². The van der Waals surface area contributed by atoms with Gasteiger partial charge < -0.3 is 5.73 Å². The number of hydrogen-bond acceptors (Lipinski definition) is 2. The summed E-state index contributed by atoms with van der Waals surface area (Å²) in [4.78, 5) is 0. The van der Waals surface area contributed by atoms with Crippen LogP contribution < -0.4 is 5.73 Å². The SMILES string of the molecule is CC(C)C(C)SC(CN)c1cccc(Br)c1. The van der Waals surface area contributed by atoms with Crippen LogP contribution in [0.15, 0.2) is 28.7 Å². The molecule has 0 radical (unpaired) electrons. The maximum Gasteiger partial charge on any atom is 0.0422 e. The standard InChI is InChI=1S/C13H20BrNS/c1-9(2)10(3)16-13(8-15)11-5-4-6-12(14)7-11/h4-7,9-10,13H,8,15H2,1-3H3. The fraction of sp³-hybridized carbons (Fsp3) is 0.538. The second-order valence-electron chi connectivity index (χ2n) is 4.36. The van der Waals surface area contributed by atoms with E-state index in [4.69, 9.17) is 5.73 Å². The first kappa shape index (κ1) is 14.1. The van der Waals surface area contributed by atoms with Gasteiger partial charge in [0, 0.05) is 21.5 Å². The topological polar surface area (TPSA) is 26.0 Å². The van der Waals surface area contributed by atoms with Crippen LogP contribution in [0.2, 0.25) is 0 Å². The number of thioether (sulfide) groups is 1. The van der Waals surface area contributed by atoms with Crippen LogP contribution in [0.1, 0.15) is 31.6 Å². The van der Waals surface area contributed by atoms with Gasteiger partial charge in [-0.1, -0.05) is 48.8 Å². The Balaban J connectivity index is 2.74. The highest BCUT2D eigenvalue weighted by molar-refractivity contribution is 9.10. The minimum absolute atomic E-state index is 0.398. The monoisotopic (exact) mass is 301 g/mol. The zero-order chi connectivity index (χ0) is 12.1. The molecule has 0 fully saturated rings. The highest BCUT2D eigenvalue weighted by atomic mass is 79.9. The molecule has 3 heteroatoms. The molecule has 0 aliphatic rings. The van der Waals surface area contributed by atoms with E-state index in [0.29, 0.717) is 23.0 Å². The molecular weight excluding hydrogens is 282 g/mol. The van der Waals surface area contributed by atoms with Crippen molar-refractivity contribution in [3.8, 4) is 0 Å². The summed E-state index contributed by atoms with van der Waals surface area (Å²) >= 11 is 5.47. The molecule has 0 heterocycles. The summed E-state index contributed by atoms with van der Waals surface area (Å²) in [7, 11) is 0. The molecule has 1 rings (SSSR count). The number of rotatable bonds is 5. The second kappa shape index (κ2) is 6.67. The van der Waals surface area contributed by atoms with Crippen molar-refractivity contribution in [3.05, 3.63) is 34.3 Å². The largest absolute Gasteiger partial charge is 0.329 e. The number of nitrogens with two attached hydrogens (primary N) is 1. The van der Waals surface area contributed by atoms with Crippen molar-refractivity contribution in [2.45, 2.75) is 31.3 Å². The highest BCUT2D eigenvalue weighted by Gasteiger charge is 2.16. The minimum Gasteiger partial charge on any atom is -0.329 e. The molecule has 2 unspecified atom stereocenters. The van der Waals surface area contributed by atoms with Crippen LogP contribution in [-0.2, 0) is 0 Å². The minimum atomic E-state index is 0.398. The van der Waals surface area contributed by atoms with Crippen LogP contribution in [-0.4, -0.2) is 11.8 Å². The van der Waals surface area contributed by atoms with Crippen molar-refractivity contribution in [1.29, 1.82) is 0 Å². The molecule has 2 atom stereocenters. The highest BCUT2D eigenvalue weighted by Crippen LogP contribution is 2.34. The maximum absolute atomic E-state index is 5.87. The molecule has 0 spiro atoms. The van der Waals surface area contributed by atoms with Gasteiger partial charge in [0.2, 0.25) is 0 Å². The molecule has 0 saturated carbocycles. The van der Waals surface area contributed by atoms with Gasteiger partial charge in [-0.25, -0.2) is 0 Å². The summed E-state index contributed by atoms with van der Waals surface area (Å²) in [6.07, 6.45) is 0. The summed E-state index contributed by atoms with van der Waals surface area (Å²) in [6, 6.07) is 8.44. The van der Waals surface area contributed by atoms with Crippen molar-refractivity contribution < 1.29 is 0 Å². The van der Waals surface area contributed by atoms with Gasteiger partial charge in [-0.15, -0.1) is 11.8 Å². The Morgan fingerprint density at radius 3 is 2.50 bits per heavy atom. The molecule has 16 heavy (non-hydrogen) atoms. The van der Waals surface area contributed by atoms with Crippen molar-refractivity contribution in [2.24, 2.45) is 11.7 Å². The lowest BCUT2D eigenvalue weighted by Gasteiger charge is -2.22. The Morgan fingerprint density at radius 2 is 2.00 bits per heavy atom. The second-order valence-corrected chi connectivity index (χ2v) is 6.87. The van der Waals surface area contributed by atoms with E-state index in [1.807, 2.05) is 17.8 Å². The molecular formula is C13H20BrNS. The van der Waals surface area contributed by atoms with E-state index in [2.05, 4.69) is 54.9 Å². The van der Waals surface area contributed by atoms with Crippen molar-refractivity contribution >= 4 is 27.7 Å². The fourth-order valence-electron chi connectivity index (χ4n) is 1.39. The van der Waals surface area contributed by atoms with Gasteiger partial charge in [-0.3, -0.25) is 0 Å². The van der Waals surface area contributed by atoms with Gasteiger partial charge in [0.15, 0.2) is 0 Å². The van der Waals surface area contributed by atoms with E-state index in [1.165, 1.54) is 5.56 Å². The van der Waals surface area contributed by atoms with Crippen LogP contribution in [0.5, 0.6) is 0 Å². The zero-order valence-corrected chi connectivity index (χ0v) is 12.5. The average Bonchev–Trinajstić information content (AvgIpc) is 2.25. The molecule has 0 bridgehead atoms. The molecule has 1 nitrogen and oxygen atoms in total. The maximum atomic E-state index is 5.87. The Kier molecular flexibility index (Phi) is 5.87. The summed E-state index contributed by atoms with van der Waals surface area (Å²) in [5.74, 6) is 0.686. The summed E-state index contributed by atoms with van der Waals surface area (Å²) < 4.78 is 1.13. The van der Waals surface area contributed by atoms with Crippen LogP contribution in [0.4, 0.5) is 0 Å². The molecule has 90 valence electrons. The van der Waals surface area contributed by atoms with Crippen LogP contribution in [0.25, 0.3) is 0 Å². The zero-order valence-electron chi connectivity index (χ0n) is 10.1. The average molecular weight is 302 g/mol. The number of halogens is 1. The molecule has 0 amide bonds. The summed E-state index contributed by atoms with van der Waals surface area (Å²) in [5, 5.41) is 1.03. The Hall–Kier alpha value is 0.01000. The van der Waals surface area contributed by atoms with Gasteiger partial charge in [0.05, 0.1) is 0 Å². The van der Waals surface area contributed by atoms with E-state index < -0.39 is 0 Å². The quantitative estimate of drug-likeness (QED) is 0.881. The molecule has 0 aliphatic heterocycles. The van der Waals surface area contributed by atoms with E-state index in [-0.39, 0.29) is 0 Å². The lowest BCUT2D eigenvalue weighted by molar-refractivity contribution is 0.639. The first-order chi connectivity index (χ1) is 7.54. The normalized spacial score (nSPS) is 15.1. The molecule has 0 aromatic heterocycles. The smallest absolute Gasteiger partial charge is 0.0422 e. The lowest BCUT2D eigenvalue weighted by atomic mass is 10.1. The third-order valence-electron chi connectivity index (χ3n) is 2.75. The third-order valence-corrected chi connectivity index (χ3v) is 5.01. The number of benzene rings is 1. The molecule has 0 saturated heterocycles. The van der Waals surface area contributed by atoms with E-state index in [9.17, 15) is 0 Å². The van der Waals surface area contributed by atoms with E-state index in [1.54, 1.807) is 0 Å². The summed E-state index contributed by atoms with van der Waals surface area (Å²) in [6.45, 7) is 7.48. The van der Waals surface area contributed by atoms with Gasteiger partial charge in [-0.05, 0) is 23.6 Å².